The third-order valence-corrected chi connectivity index (χ3v) is 6.47. The maximum Gasteiger partial charge on any atom is 0.324 e. The predicted octanol–water partition coefficient (Wildman–Crippen LogP) is 2.54. The van der Waals surface area contributed by atoms with E-state index in [0.29, 0.717) is 35.7 Å². The number of thiophene rings is 1. The molecule has 1 aliphatic heterocycles. The van der Waals surface area contributed by atoms with Gasteiger partial charge >= 0.3 is 17.8 Å². The minimum Gasteiger partial charge on any atom is -0.397 e. The van der Waals surface area contributed by atoms with E-state index in [1.165, 1.54) is 11.1 Å². The highest BCUT2D eigenvalue weighted by molar-refractivity contribution is 7.13. The predicted molar refractivity (Wildman–Crippen MR) is 133 cm³/mol. The smallest absolute Gasteiger partial charge is 0.324 e. The third-order valence-electron chi connectivity index (χ3n) is 5.55. The second-order valence-corrected chi connectivity index (χ2v) is 8.72. The summed E-state index contributed by atoms with van der Waals surface area (Å²) in [4.78, 5) is 56.7. The van der Waals surface area contributed by atoms with Gasteiger partial charge in [-0.05, 0) is 48.2 Å². The molecule has 0 aliphatic carbocycles. The Morgan fingerprint density at radius 1 is 1.11 bits per heavy atom. The number of imide groups is 1. The topological polar surface area (TPSA) is 138 Å². The summed E-state index contributed by atoms with van der Waals surface area (Å²) in [6.07, 6.45) is 1.39. The quantitative estimate of drug-likeness (QED) is 0.357. The van der Waals surface area contributed by atoms with E-state index in [1.54, 1.807) is 36.5 Å². The number of hydrogen-bond donors (Lipinski definition) is 3. The molecule has 1 aliphatic rings. The number of carbonyl (C=O) groups is 4. The van der Waals surface area contributed by atoms with Crippen molar-refractivity contribution in [1.82, 2.24) is 20.1 Å². The number of nitrogen functional groups attached to an aromatic ring is 1. The monoisotopic (exact) mass is 492 g/mol. The van der Waals surface area contributed by atoms with Gasteiger partial charge in [-0.2, -0.15) is 0 Å². The molecule has 11 heteroatoms. The third kappa shape index (κ3) is 5.30. The molecule has 3 heterocycles. The number of piperazine rings is 1. The summed E-state index contributed by atoms with van der Waals surface area (Å²) in [6, 6.07) is 11.9. The fourth-order valence-corrected chi connectivity index (χ4v) is 4.27. The summed E-state index contributed by atoms with van der Waals surface area (Å²) in [5.74, 6) is -1.91. The van der Waals surface area contributed by atoms with Crippen molar-refractivity contribution in [1.29, 1.82) is 0 Å². The van der Waals surface area contributed by atoms with Crippen LogP contribution in [0.2, 0.25) is 0 Å². The van der Waals surface area contributed by atoms with Gasteiger partial charge in [0.1, 0.15) is 0 Å². The Hall–Kier alpha value is -4.25. The molecule has 4 rings (SSSR count). The molecule has 0 bridgehead atoms. The average molecular weight is 493 g/mol. The molecule has 180 valence electrons. The van der Waals surface area contributed by atoms with Gasteiger partial charge in [-0.1, -0.05) is 12.1 Å². The van der Waals surface area contributed by atoms with E-state index < -0.39 is 17.8 Å². The van der Waals surface area contributed by atoms with Crippen LogP contribution in [0, 0.1) is 0 Å². The summed E-state index contributed by atoms with van der Waals surface area (Å²) in [6.45, 7) is 2.65. The van der Waals surface area contributed by atoms with Crippen molar-refractivity contribution in [3.63, 3.8) is 0 Å². The molecule has 1 aromatic carbocycles. The van der Waals surface area contributed by atoms with E-state index in [0.717, 1.165) is 15.3 Å². The molecule has 35 heavy (non-hydrogen) atoms. The van der Waals surface area contributed by atoms with Crippen LogP contribution in [0.3, 0.4) is 0 Å². The molecule has 0 unspecified atom stereocenters. The summed E-state index contributed by atoms with van der Waals surface area (Å²) < 4.78 is 0. The van der Waals surface area contributed by atoms with E-state index in [1.807, 2.05) is 29.6 Å². The molecule has 0 spiro atoms. The lowest BCUT2D eigenvalue weighted by Crippen LogP contribution is -2.58. The highest BCUT2D eigenvalue weighted by Crippen LogP contribution is 2.30. The number of hydrogen-bond acceptors (Lipinski definition) is 7. The van der Waals surface area contributed by atoms with Gasteiger partial charge in [-0.15, -0.1) is 11.3 Å². The van der Waals surface area contributed by atoms with E-state index >= 15 is 0 Å². The average Bonchev–Trinajstić information content (AvgIpc) is 3.41. The van der Waals surface area contributed by atoms with Gasteiger partial charge < -0.3 is 21.3 Å². The van der Waals surface area contributed by atoms with Crippen molar-refractivity contribution in [2.75, 3.05) is 30.7 Å². The number of amides is 5. The zero-order chi connectivity index (χ0) is 24.9. The van der Waals surface area contributed by atoms with Gasteiger partial charge in [0.05, 0.1) is 29.2 Å². The standard InChI is InChI=1S/C24H24N6O4S/c1-2-29-9-10-30(23(33)22(29)32)24(34)27-14-17-7-5-16(13-26-17)21(31)28-19-12-15(6-8-18(19)25)20-4-3-11-35-20/h3-8,11-13H,2,9-10,14,25H2,1H3,(H,27,34)(H,28,31). The highest BCUT2D eigenvalue weighted by Gasteiger charge is 2.35. The van der Waals surface area contributed by atoms with Crippen LogP contribution in [0.25, 0.3) is 10.4 Å². The Bertz CT molecular complexity index is 1260. The largest absolute Gasteiger partial charge is 0.397 e. The first kappa shape index (κ1) is 23.9. The fourth-order valence-electron chi connectivity index (χ4n) is 3.55. The summed E-state index contributed by atoms with van der Waals surface area (Å²) in [5.41, 5.74) is 8.73. The maximum atomic E-state index is 12.7. The number of aromatic nitrogens is 1. The Morgan fingerprint density at radius 3 is 2.63 bits per heavy atom. The second-order valence-electron chi connectivity index (χ2n) is 7.77. The minimum absolute atomic E-state index is 0.0337. The number of nitrogens with one attached hydrogen (secondary N) is 2. The van der Waals surface area contributed by atoms with Crippen molar-refractivity contribution < 1.29 is 19.2 Å². The molecular formula is C24H24N6O4S. The number of rotatable bonds is 6. The van der Waals surface area contributed by atoms with E-state index in [2.05, 4.69) is 15.6 Å². The number of nitrogens with two attached hydrogens (primary N) is 1. The van der Waals surface area contributed by atoms with E-state index in [-0.39, 0.29) is 19.0 Å². The molecule has 1 saturated heterocycles. The number of likely N-dealkylation sites (N-methyl/N-ethyl adjacent to an activating group) is 1. The molecule has 3 aromatic rings. The van der Waals surface area contributed by atoms with Crippen LogP contribution < -0.4 is 16.4 Å². The van der Waals surface area contributed by atoms with Crippen LogP contribution in [0.4, 0.5) is 16.2 Å². The van der Waals surface area contributed by atoms with Crippen LogP contribution in [-0.2, 0) is 16.1 Å². The van der Waals surface area contributed by atoms with Crippen LogP contribution in [-0.4, -0.2) is 58.2 Å². The first-order valence-electron chi connectivity index (χ1n) is 11.0. The second kappa shape index (κ2) is 10.3. The SMILES string of the molecule is CCN1CCN(C(=O)NCc2ccc(C(=O)Nc3cc(-c4cccs4)ccc3N)cn2)C(=O)C1=O. The Morgan fingerprint density at radius 2 is 1.94 bits per heavy atom. The van der Waals surface area contributed by atoms with Crippen molar-refractivity contribution in [3.05, 3.63) is 65.3 Å². The molecule has 5 amide bonds. The Kier molecular flexibility index (Phi) is 7.06. The summed E-state index contributed by atoms with van der Waals surface area (Å²) in [5, 5.41) is 7.37. The van der Waals surface area contributed by atoms with E-state index in [4.69, 9.17) is 5.73 Å². The van der Waals surface area contributed by atoms with Crippen molar-refractivity contribution in [2.45, 2.75) is 13.5 Å². The van der Waals surface area contributed by atoms with E-state index in [9.17, 15) is 19.2 Å². The number of pyridine rings is 1. The van der Waals surface area contributed by atoms with Gasteiger partial charge in [0.25, 0.3) is 5.91 Å². The number of carbonyl (C=O) groups excluding carboxylic acids is 4. The van der Waals surface area contributed by atoms with Crippen LogP contribution >= 0.6 is 11.3 Å². The molecule has 0 radical (unpaired) electrons. The number of urea groups is 1. The first-order valence-corrected chi connectivity index (χ1v) is 11.8. The van der Waals surface area contributed by atoms with Gasteiger partial charge in [0.15, 0.2) is 0 Å². The summed E-state index contributed by atoms with van der Waals surface area (Å²) >= 11 is 1.59. The molecule has 2 aromatic heterocycles. The lowest BCUT2D eigenvalue weighted by molar-refractivity contribution is -0.153. The maximum absolute atomic E-state index is 12.7. The van der Waals surface area contributed by atoms with Crippen LogP contribution in [0.15, 0.2) is 54.0 Å². The zero-order valence-corrected chi connectivity index (χ0v) is 19.8. The first-order chi connectivity index (χ1) is 16.9. The Balaban J connectivity index is 1.35. The zero-order valence-electron chi connectivity index (χ0n) is 19.0. The molecule has 10 nitrogen and oxygen atoms in total. The molecule has 0 atom stereocenters. The lowest BCUT2D eigenvalue weighted by atomic mass is 10.1. The fraction of sp³-hybridized carbons (Fsp3) is 0.208. The number of nitrogens with zero attached hydrogens (tertiary/aromatic N) is 3. The number of benzene rings is 1. The molecule has 0 saturated carbocycles. The normalized spacial score (nSPS) is 13.6. The van der Waals surface area contributed by atoms with Crippen molar-refractivity contribution >= 4 is 46.5 Å². The van der Waals surface area contributed by atoms with Gasteiger partial charge in [-0.3, -0.25) is 24.3 Å². The number of anilines is 2. The lowest BCUT2D eigenvalue weighted by Gasteiger charge is -2.31. The molecule has 1 fully saturated rings. The van der Waals surface area contributed by atoms with Crippen molar-refractivity contribution in [2.24, 2.45) is 0 Å². The minimum atomic E-state index is -0.849. The van der Waals surface area contributed by atoms with Gasteiger partial charge in [-0.25, -0.2) is 4.79 Å². The molecule has 4 N–H and O–H groups in total. The van der Waals surface area contributed by atoms with Crippen LogP contribution in [0.1, 0.15) is 23.0 Å². The Labute approximate surface area is 205 Å². The highest BCUT2D eigenvalue weighted by atomic mass is 32.1. The summed E-state index contributed by atoms with van der Waals surface area (Å²) in [7, 11) is 0. The molecular weight excluding hydrogens is 468 g/mol. The van der Waals surface area contributed by atoms with Crippen molar-refractivity contribution in [3.8, 4) is 10.4 Å². The van der Waals surface area contributed by atoms with Gasteiger partial charge in [0, 0.05) is 30.7 Å². The van der Waals surface area contributed by atoms with Crippen LogP contribution in [0.5, 0.6) is 0 Å². The van der Waals surface area contributed by atoms with Gasteiger partial charge in [0.2, 0.25) is 0 Å².